The van der Waals surface area contributed by atoms with Crippen molar-refractivity contribution in [1.29, 1.82) is 5.41 Å². The number of hydrogen-bond donors (Lipinski definition) is 3. The minimum atomic E-state index is -0.0664. The van der Waals surface area contributed by atoms with Gasteiger partial charge in [0, 0.05) is 50.5 Å². The average Bonchev–Trinajstić information content (AvgIpc) is 2.89. The highest BCUT2D eigenvalue weighted by Gasteiger charge is 2.14. The van der Waals surface area contributed by atoms with Gasteiger partial charge in [0.05, 0.1) is 24.6 Å². The lowest BCUT2D eigenvalue weighted by Gasteiger charge is -2.26. The first-order valence-corrected chi connectivity index (χ1v) is 12.0. The summed E-state index contributed by atoms with van der Waals surface area (Å²) in [4.78, 5) is 16.3. The summed E-state index contributed by atoms with van der Waals surface area (Å²) < 4.78 is 5.44. The molecule has 1 saturated heterocycles. The van der Waals surface area contributed by atoms with E-state index in [-0.39, 0.29) is 11.6 Å². The smallest absolute Gasteiger partial charge is 0.253 e. The van der Waals surface area contributed by atoms with Gasteiger partial charge in [-0.15, -0.1) is 0 Å². The van der Waals surface area contributed by atoms with E-state index in [9.17, 15) is 4.79 Å². The second kappa shape index (κ2) is 11.2. The average molecular weight is 484 g/mol. The minimum Gasteiger partial charge on any atom is -0.398 e. The summed E-state index contributed by atoms with van der Waals surface area (Å²) >= 11 is 0. The predicted molar refractivity (Wildman–Crippen MR) is 146 cm³/mol. The van der Waals surface area contributed by atoms with Crippen LogP contribution in [-0.2, 0) is 11.3 Å². The van der Waals surface area contributed by atoms with Crippen LogP contribution in [0.1, 0.15) is 27.0 Å². The van der Waals surface area contributed by atoms with Crippen LogP contribution in [0.25, 0.3) is 17.2 Å². The molecule has 0 aromatic heterocycles. The van der Waals surface area contributed by atoms with Crippen molar-refractivity contribution >= 4 is 23.4 Å². The summed E-state index contributed by atoms with van der Waals surface area (Å²) in [6.45, 7) is 4.23. The van der Waals surface area contributed by atoms with Crippen LogP contribution >= 0.6 is 0 Å². The van der Waals surface area contributed by atoms with Gasteiger partial charge in [0.15, 0.2) is 0 Å². The van der Waals surface area contributed by atoms with E-state index in [2.05, 4.69) is 17.0 Å². The summed E-state index contributed by atoms with van der Waals surface area (Å²) in [6.07, 6.45) is 1.81. The zero-order chi connectivity index (χ0) is 25.7. The van der Waals surface area contributed by atoms with E-state index >= 15 is 0 Å². The molecular formula is C29H33N5O2. The third-order valence-electron chi connectivity index (χ3n) is 6.24. The predicted octanol–water partition coefficient (Wildman–Crippen LogP) is 3.84. The first-order chi connectivity index (χ1) is 17.3. The molecule has 4 rings (SSSR count). The van der Waals surface area contributed by atoms with Gasteiger partial charge in [-0.2, -0.15) is 0 Å². The van der Waals surface area contributed by atoms with Gasteiger partial charge in [0.1, 0.15) is 0 Å². The number of nitrogen functional groups attached to an aromatic ring is 1. The van der Waals surface area contributed by atoms with Crippen LogP contribution in [-0.4, -0.2) is 61.8 Å². The zero-order valence-corrected chi connectivity index (χ0v) is 20.8. The number of anilines is 1. The van der Waals surface area contributed by atoms with Crippen LogP contribution in [0.3, 0.4) is 0 Å². The van der Waals surface area contributed by atoms with Gasteiger partial charge in [-0.3, -0.25) is 15.1 Å². The Kier molecular flexibility index (Phi) is 7.83. The molecule has 7 heteroatoms. The lowest BCUT2D eigenvalue weighted by atomic mass is 9.96. The number of ether oxygens (including phenoxy) is 1. The van der Waals surface area contributed by atoms with E-state index in [1.165, 1.54) is 5.56 Å². The summed E-state index contributed by atoms with van der Waals surface area (Å²) in [5.41, 5.74) is 18.6. The summed E-state index contributed by atoms with van der Waals surface area (Å²) in [6, 6.07) is 21.1. The highest BCUT2D eigenvalue weighted by Crippen LogP contribution is 2.26. The second-order valence-corrected chi connectivity index (χ2v) is 9.19. The Hall–Kier alpha value is -3.94. The monoisotopic (exact) mass is 483 g/mol. The molecule has 0 bridgehead atoms. The molecule has 3 aromatic rings. The number of hydrogen-bond acceptors (Lipinski definition) is 6. The summed E-state index contributed by atoms with van der Waals surface area (Å²) in [7, 11) is 3.45. The van der Waals surface area contributed by atoms with Crippen LogP contribution in [0.15, 0.2) is 72.4 Å². The number of carbonyl (C=O) groups is 1. The van der Waals surface area contributed by atoms with E-state index in [0.29, 0.717) is 22.5 Å². The molecule has 0 spiro atoms. The normalized spacial score (nSPS) is 14.4. The molecule has 0 aliphatic carbocycles. The van der Waals surface area contributed by atoms with Crippen LogP contribution in [0, 0.1) is 5.41 Å². The van der Waals surface area contributed by atoms with Crippen molar-refractivity contribution < 1.29 is 9.53 Å². The summed E-state index contributed by atoms with van der Waals surface area (Å²) in [5, 5.41) is 8.75. The first kappa shape index (κ1) is 25.2. The van der Waals surface area contributed by atoms with Crippen LogP contribution < -0.4 is 11.5 Å². The van der Waals surface area contributed by atoms with Crippen molar-refractivity contribution in [2.24, 2.45) is 5.73 Å². The molecule has 0 saturated carbocycles. The maximum absolute atomic E-state index is 12.4. The lowest BCUT2D eigenvalue weighted by Crippen LogP contribution is -2.35. The number of nitrogens with zero attached hydrogens (tertiary/aromatic N) is 2. The van der Waals surface area contributed by atoms with Crippen LogP contribution in [0.2, 0.25) is 0 Å². The number of carbonyl (C=O) groups excluding carboxylic acids is 1. The lowest BCUT2D eigenvalue weighted by molar-refractivity contribution is 0.0342. The SMILES string of the molecule is CN(C)C(=O)c1cccc(-c2ccc(N)c(C(=N)/C(N)=C/c3cccc(CN4CCOCC4)c3)c2)c1. The largest absolute Gasteiger partial charge is 0.398 e. The molecule has 1 aliphatic rings. The zero-order valence-electron chi connectivity index (χ0n) is 20.8. The Labute approximate surface area is 212 Å². The molecule has 36 heavy (non-hydrogen) atoms. The molecule has 5 N–H and O–H groups in total. The highest BCUT2D eigenvalue weighted by molar-refractivity contribution is 6.15. The standard InChI is InChI=1S/C29H33N5O2/c1-33(2)29(35)24-8-4-7-22(17-24)23-9-10-26(30)25(18-23)28(32)27(31)16-20-5-3-6-21(15-20)19-34-11-13-36-14-12-34/h3-10,15-18,32H,11-14,19,30-31H2,1-2H3/b27-16-,32-28?. The fraction of sp³-hybridized carbons (Fsp3) is 0.241. The maximum Gasteiger partial charge on any atom is 0.253 e. The third-order valence-corrected chi connectivity index (χ3v) is 6.24. The van der Waals surface area contributed by atoms with Crippen molar-refractivity contribution in [1.82, 2.24) is 9.80 Å². The van der Waals surface area contributed by atoms with E-state index in [4.69, 9.17) is 21.6 Å². The molecule has 0 radical (unpaired) electrons. The number of benzene rings is 3. The van der Waals surface area contributed by atoms with Crippen molar-refractivity contribution in [2.45, 2.75) is 6.54 Å². The molecule has 7 nitrogen and oxygen atoms in total. The maximum atomic E-state index is 12.4. The van der Waals surface area contributed by atoms with Gasteiger partial charge < -0.3 is 21.1 Å². The second-order valence-electron chi connectivity index (χ2n) is 9.19. The molecule has 1 fully saturated rings. The van der Waals surface area contributed by atoms with E-state index in [1.807, 2.05) is 48.5 Å². The van der Waals surface area contributed by atoms with Gasteiger partial charge in [-0.05, 0) is 52.6 Å². The van der Waals surface area contributed by atoms with E-state index < -0.39 is 0 Å². The number of morpholine rings is 1. The van der Waals surface area contributed by atoms with Crippen molar-refractivity contribution in [3.8, 4) is 11.1 Å². The molecule has 0 unspecified atom stereocenters. The van der Waals surface area contributed by atoms with Gasteiger partial charge in [-0.25, -0.2) is 0 Å². The van der Waals surface area contributed by atoms with E-state index in [0.717, 1.165) is 49.5 Å². The number of allylic oxidation sites excluding steroid dienone is 1. The molecule has 0 atom stereocenters. The van der Waals surface area contributed by atoms with Crippen molar-refractivity contribution in [2.75, 3.05) is 46.1 Å². The summed E-state index contributed by atoms with van der Waals surface area (Å²) in [5.74, 6) is -0.0664. The number of nitrogens with two attached hydrogens (primary N) is 2. The number of amides is 1. The number of nitrogens with one attached hydrogen (secondary N) is 1. The Bertz CT molecular complexity index is 1290. The van der Waals surface area contributed by atoms with E-state index in [1.54, 1.807) is 31.1 Å². The molecule has 3 aromatic carbocycles. The minimum absolute atomic E-state index is 0.0664. The molecular weight excluding hydrogens is 450 g/mol. The van der Waals surface area contributed by atoms with Crippen LogP contribution in [0.5, 0.6) is 0 Å². The molecule has 186 valence electrons. The quantitative estimate of drug-likeness (QED) is 0.350. The Morgan fingerprint density at radius 2 is 1.75 bits per heavy atom. The Balaban J connectivity index is 1.56. The van der Waals surface area contributed by atoms with Gasteiger partial charge in [-0.1, -0.05) is 42.5 Å². The van der Waals surface area contributed by atoms with Gasteiger partial charge in [0.25, 0.3) is 5.91 Å². The number of rotatable bonds is 7. The topological polar surface area (TPSA) is 109 Å². The fourth-order valence-electron chi connectivity index (χ4n) is 4.25. The Morgan fingerprint density at radius 1 is 1.03 bits per heavy atom. The fourth-order valence-corrected chi connectivity index (χ4v) is 4.25. The third kappa shape index (κ3) is 6.00. The van der Waals surface area contributed by atoms with Gasteiger partial charge >= 0.3 is 0 Å². The highest BCUT2D eigenvalue weighted by atomic mass is 16.5. The van der Waals surface area contributed by atoms with Crippen molar-refractivity contribution in [3.63, 3.8) is 0 Å². The molecule has 1 amide bonds. The first-order valence-electron chi connectivity index (χ1n) is 12.0. The molecule has 1 aliphatic heterocycles. The Morgan fingerprint density at radius 3 is 2.50 bits per heavy atom. The van der Waals surface area contributed by atoms with Crippen molar-refractivity contribution in [3.05, 3.63) is 94.7 Å². The van der Waals surface area contributed by atoms with Crippen LogP contribution in [0.4, 0.5) is 5.69 Å². The molecule has 1 heterocycles. The van der Waals surface area contributed by atoms with Gasteiger partial charge in [0.2, 0.25) is 0 Å².